The summed E-state index contributed by atoms with van der Waals surface area (Å²) < 4.78 is 13.7. The Labute approximate surface area is 120 Å². The number of piperazine rings is 1. The fourth-order valence-corrected chi connectivity index (χ4v) is 1.89. The van der Waals surface area contributed by atoms with Crippen molar-refractivity contribution in [2.75, 3.05) is 32.8 Å². The second-order valence-electron chi connectivity index (χ2n) is 3.23. The average molecular weight is 307 g/mol. The van der Waals surface area contributed by atoms with Crippen molar-refractivity contribution in [3.63, 3.8) is 0 Å². The van der Waals surface area contributed by atoms with Gasteiger partial charge in [-0.3, -0.25) is 4.90 Å². The van der Waals surface area contributed by atoms with Crippen molar-refractivity contribution >= 4 is 25.9 Å². The van der Waals surface area contributed by atoms with E-state index < -0.39 is 5.68 Å². The molecule has 0 aromatic heterocycles. The van der Waals surface area contributed by atoms with E-state index in [0.717, 1.165) is 0 Å². The Morgan fingerprint density at radius 3 is 2.73 bits per heavy atom. The molecule has 0 amide bonds. The van der Waals surface area contributed by atoms with E-state index >= 15 is 0 Å². The molecule has 1 saturated heterocycles. The minimum atomic E-state index is -0.426. The second-order valence-corrected chi connectivity index (χ2v) is 3.88. The van der Waals surface area contributed by atoms with Gasteiger partial charge < -0.3 is 9.90 Å². The zero-order valence-electron chi connectivity index (χ0n) is 8.30. The average Bonchev–Trinajstić information content (AvgIpc) is 2.17. The molecule has 1 N–H and O–H groups in total. The van der Waals surface area contributed by atoms with Crippen molar-refractivity contribution in [3.8, 4) is 0 Å². The fourth-order valence-electron chi connectivity index (χ4n) is 1.51. The summed E-state index contributed by atoms with van der Waals surface area (Å²) >= 11 is 0.165. The molecule has 81 valence electrons. The normalized spacial score (nSPS) is 23.5. The van der Waals surface area contributed by atoms with Crippen LogP contribution in [0.1, 0.15) is 0 Å². The Kier molecular flexibility index (Phi) is 8.69. The third kappa shape index (κ3) is 5.24. The van der Waals surface area contributed by atoms with E-state index in [4.69, 9.17) is 13.0 Å². The van der Waals surface area contributed by atoms with E-state index in [1.54, 1.807) is 4.90 Å². The molecular formula is C7H12BFN2O2SY. The number of carbonyl (C=O) groups excluding carboxylic acids is 1. The first-order valence-electron chi connectivity index (χ1n) is 4.34. The number of carbonyl (C=O) groups is 1. The molecule has 1 heterocycles. The van der Waals surface area contributed by atoms with Gasteiger partial charge in [0.1, 0.15) is 12.3 Å². The molecule has 0 bridgehead atoms. The van der Waals surface area contributed by atoms with Crippen LogP contribution in [0.3, 0.4) is 0 Å². The van der Waals surface area contributed by atoms with Crippen LogP contribution in [-0.4, -0.2) is 66.7 Å². The van der Waals surface area contributed by atoms with Gasteiger partial charge in [-0.05, 0) is 0 Å². The van der Waals surface area contributed by atoms with E-state index in [-0.39, 0.29) is 64.2 Å². The Morgan fingerprint density at radius 1 is 1.60 bits per heavy atom. The molecule has 0 spiro atoms. The third-order valence-corrected chi connectivity index (χ3v) is 2.76. The topological polar surface area (TPSA) is 43.8 Å². The molecular weight excluding hydrogens is 295 g/mol. The predicted octanol–water partition coefficient (Wildman–Crippen LogP) is -0.810. The maximum absolute atomic E-state index is 12.2. The van der Waals surface area contributed by atoms with Crippen LogP contribution in [0.2, 0.25) is 0 Å². The molecule has 0 aromatic rings. The molecule has 1 fully saturated rings. The number of hydrogen-bond acceptors (Lipinski definition) is 5. The van der Waals surface area contributed by atoms with Crippen molar-refractivity contribution in [1.29, 1.82) is 0 Å². The Bertz CT molecular complexity index is 215. The van der Waals surface area contributed by atoms with Gasteiger partial charge in [0.2, 0.25) is 0 Å². The smallest absolute Gasteiger partial charge is 0.169 e. The molecule has 0 aromatic carbocycles. The van der Waals surface area contributed by atoms with E-state index in [9.17, 15) is 8.68 Å². The molecule has 0 saturated carbocycles. The summed E-state index contributed by atoms with van der Waals surface area (Å²) in [5, 5.41) is 9.04. The van der Waals surface area contributed by atoms with Gasteiger partial charge in [-0.15, -0.1) is 3.89 Å². The van der Waals surface area contributed by atoms with Gasteiger partial charge in [0.05, 0.1) is 12.3 Å². The Balaban J connectivity index is 0.00000196. The van der Waals surface area contributed by atoms with Crippen LogP contribution in [0.4, 0.5) is 3.89 Å². The molecule has 1 aliphatic rings. The maximum Gasteiger partial charge on any atom is 0.169 e. The van der Waals surface area contributed by atoms with Gasteiger partial charge in [0.25, 0.3) is 0 Å². The molecule has 8 heteroatoms. The summed E-state index contributed by atoms with van der Waals surface area (Å²) in [6, 6.07) is -0.209. The zero-order chi connectivity index (χ0) is 10.6. The Hall–Kier alpha value is 0.999. The standard InChI is InChI=1S/C7H12BFN2O2S.Y/c8-7(13)4-10-1-2-11(14-9)3-6(10)5-12;/h6,12H,1-5H2;. The largest absolute Gasteiger partial charge is 0.395 e. The predicted molar refractivity (Wildman–Crippen MR) is 53.5 cm³/mol. The van der Waals surface area contributed by atoms with Gasteiger partial charge in [-0.25, -0.2) is 4.31 Å². The van der Waals surface area contributed by atoms with E-state index in [2.05, 4.69) is 0 Å². The van der Waals surface area contributed by atoms with Gasteiger partial charge in [-0.2, -0.15) is 0 Å². The van der Waals surface area contributed by atoms with Crippen molar-refractivity contribution < 1.29 is 46.5 Å². The summed E-state index contributed by atoms with van der Waals surface area (Å²) in [5.41, 5.74) is -0.426. The minimum absolute atomic E-state index is 0. The van der Waals surface area contributed by atoms with Crippen molar-refractivity contribution in [3.05, 3.63) is 0 Å². The molecule has 1 rings (SSSR count). The van der Waals surface area contributed by atoms with Crippen molar-refractivity contribution in [1.82, 2.24) is 9.21 Å². The van der Waals surface area contributed by atoms with E-state index in [1.165, 1.54) is 4.31 Å². The summed E-state index contributed by atoms with van der Waals surface area (Å²) in [7, 11) is 5.05. The molecule has 3 radical (unpaired) electrons. The summed E-state index contributed by atoms with van der Waals surface area (Å²) in [5.74, 6) is 0. The first-order chi connectivity index (χ1) is 6.67. The summed E-state index contributed by atoms with van der Waals surface area (Å²) in [4.78, 5) is 12.5. The van der Waals surface area contributed by atoms with Crippen LogP contribution in [0.5, 0.6) is 0 Å². The first-order valence-corrected chi connectivity index (χ1v) is 5.01. The SMILES string of the molecule is [B]C(=O)CN1CCN(SF)CC1CO.[Y]. The van der Waals surface area contributed by atoms with Crippen LogP contribution in [0, 0.1) is 0 Å². The van der Waals surface area contributed by atoms with Crippen molar-refractivity contribution in [2.45, 2.75) is 6.04 Å². The third-order valence-electron chi connectivity index (χ3n) is 2.23. The monoisotopic (exact) mass is 307 g/mol. The van der Waals surface area contributed by atoms with Gasteiger partial charge in [0.15, 0.2) is 7.85 Å². The van der Waals surface area contributed by atoms with Crippen LogP contribution in [0.25, 0.3) is 0 Å². The van der Waals surface area contributed by atoms with Crippen LogP contribution in [-0.2, 0) is 37.5 Å². The molecule has 15 heavy (non-hydrogen) atoms. The second kappa shape index (κ2) is 8.14. The zero-order valence-corrected chi connectivity index (χ0v) is 12.0. The number of nitrogens with zero attached hydrogens (tertiary/aromatic N) is 2. The summed E-state index contributed by atoms with van der Waals surface area (Å²) in [6.45, 7) is 1.52. The Morgan fingerprint density at radius 2 is 2.27 bits per heavy atom. The van der Waals surface area contributed by atoms with Crippen LogP contribution < -0.4 is 0 Å². The number of halogens is 1. The summed E-state index contributed by atoms with van der Waals surface area (Å²) in [6.07, 6.45) is 0. The maximum atomic E-state index is 12.2. The number of aliphatic hydroxyl groups is 1. The van der Waals surface area contributed by atoms with E-state index in [1.807, 2.05) is 0 Å². The van der Waals surface area contributed by atoms with Gasteiger partial charge in [0, 0.05) is 64.9 Å². The van der Waals surface area contributed by atoms with E-state index in [0.29, 0.717) is 19.6 Å². The molecule has 0 aliphatic carbocycles. The first kappa shape index (κ1) is 16.0. The van der Waals surface area contributed by atoms with Crippen molar-refractivity contribution in [2.24, 2.45) is 0 Å². The molecule has 1 aliphatic heterocycles. The minimum Gasteiger partial charge on any atom is -0.395 e. The quantitative estimate of drug-likeness (QED) is 0.544. The van der Waals surface area contributed by atoms with Crippen LogP contribution >= 0.6 is 12.3 Å². The number of hydrogen-bond donors (Lipinski definition) is 1. The fraction of sp³-hybridized carbons (Fsp3) is 0.857. The molecule has 1 unspecified atom stereocenters. The molecule has 1 atom stereocenters. The van der Waals surface area contributed by atoms with Crippen LogP contribution in [0.15, 0.2) is 0 Å². The van der Waals surface area contributed by atoms with Gasteiger partial charge >= 0.3 is 0 Å². The number of aliphatic hydroxyl groups excluding tert-OH is 1. The number of rotatable bonds is 4. The molecule has 4 nitrogen and oxygen atoms in total. The van der Waals surface area contributed by atoms with Gasteiger partial charge in [-0.1, -0.05) is 0 Å².